The zero-order valence-corrected chi connectivity index (χ0v) is 7.76. The Kier molecular flexibility index (Phi) is 2.36. The first kappa shape index (κ1) is 8.76. The topological polar surface area (TPSA) is 17.1 Å². The van der Waals surface area contributed by atoms with E-state index in [0.29, 0.717) is 5.92 Å². The zero-order chi connectivity index (χ0) is 8.48. The summed E-state index contributed by atoms with van der Waals surface area (Å²) in [5.41, 5.74) is 0.249. The molecule has 1 rings (SSSR count). The Morgan fingerprint density at radius 3 is 2.45 bits per heavy atom. The van der Waals surface area contributed by atoms with E-state index in [1.807, 2.05) is 0 Å². The van der Waals surface area contributed by atoms with E-state index in [1.165, 1.54) is 19.3 Å². The van der Waals surface area contributed by atoms with Gasteiger partial charge < -0.3 is 4.79 Å². The molecular weight excluding hydrogens is 136 g/mol. The number of aldehydes is 1. The van der Waals surface area contributed by atoms with Gasteiger partial charge in [0.1, 0.15) is 6.29 Å². The molecule has 0 aromatic rings. The Morgan fingerprint density at radius 1 is 1.45 bits per heavy atom. The van der Waals surface area contributed by atoms with Crippen LogP contribution in [0.25, 0.3) is 0 Å². The van der Waals surface area contributed by atoms with E-state index in [2.05, 4.69) is 20.8 Å². The quantitative estimate of drug-likeness (QED) is 0.531. The highest BCUT2D eigenvalue weighted by Gasteiger charge is 2.36. The fourth-order valence-electron chi connectivity index (χ4n) is 2.31. The lowest BCUT2D eigenvalue weighted by Crippen LogP contribution is -2.34. The number of hydrogen-bond acceptors (Lipinski definition) is 1. The van der Waals surface area contributed by atoms with Gasteiger partial charge >= 0.3 is 0 Å². The van der Waals surface area contributed by atoms with Gasteiger partial charge in [-0.15, -0.1) is 0 Å². The summed E-state index contributed by atoms with van der Waals surface area (Å²) in [7, 11) is 0. The normalized spacial score (nSPS) is 36.6. The molecule has 0 aromatic carbocycles. The van der Waals surface area contributed by atoms with Gasteiger partial charge in [-0.2, -0.15) is 0 Å². The van der Waals surface area contributed by atoms with Crippen molar-refractivity contribution >= 4 is 6.29 Å². The van der Waals surface area contributed by atoms with Gasteiger partial charge in [-0.1, -0.05) is 27.2 Å². The average molecular weight is 154 g/mol. The van der Waals surface area contributed by atoms with Crippen LogP contribution in [0, 0.1) is 17.3 Å². The summed E-state index contributed by atoms with van der Waals surface area (Å²) in [6, 6.07) is 0. The summed E-state index contributed by atoms with van der Waals surface area (Å²) in [6.07, 6.45) is 4.88. The molecule has 0 unspecified atom stereocenters. The molecule has 0 aliphatic heterocycles. The minimum absolute atomic E-state index is 0.249. The molecule has 0 radical (unpaired) electrons. The smallest absolute Gasteiger partial charge is 0.123 e. The Labute approximate surface area is 69.2 Å². The molecule has 1 saturated carbocycles. The standard InChI is InChI=1S/C10H18O/c1-8-5-4-6-10(2,3)9(8)7-11/h7-9H,4-6H2,1-3H3/t8-,9-/m1/s1. The largest absolute Gasteiger partial charge is 0.303 e. The summed E-state index contributed by atoms with van der Waals surface area (Å²) < 4.78 is 0. The predicted molar refractivity (Wildman–Crippen MR) is 46.4 cm³/mol. The molecule has 1 heteroatoms. The van der Waals surface area contributed by atoms with Crippen molar-refractivity contribution in [3.63, 3.8) is 0 Å². The van der Waals surface area contributed by atoms with Crippen LogP contribution < -0.4 is 0 Å². The van der Waals surface area contributed by atoms with E-state index in [-0.39, 0.29) is 11.3 Å². The van der Waals surface area contributed by atoms with E-state index >= 15 is 0 Å². The van der Waals surface area contributed by atoms with Crippen LogP contribution in [0.2, 0.25) is 0 Å². The molecule has 0 spiro atoms. The average Bonchev–Trinajstić information content (AvgIpc) is 1.86. The van der Waals surface area contributed by atoms with Crippen molar-refractivity contribution in [1.29, 1.82) is 0 Å². The monoisotopic (exact) mass is 154 g/mol. The second kappa shape index (κ2) is 2.96. The van der Waals surface area contributed by atoms with E-state index in [1.54, 1.807) is 0 Å². The lowest BCUT2D eigenvalue weighted by Gasteiger charge is -2.39. The molecule has 64 valence electrons. The maximum absolute atomic E-state index is 10.8. The van der Waals surface area contributed by atoms with E-state index in [0.717, 1.165) is 6.29 Å². The fraction of sp³-hybridized carbons (Fsp3) is 0.900. The minimum atomic E-state index is 0.249. The lowest BCUT2D eigenvalue weighted by molar-refractivity contribution is -0.117. The molecule has 0 N–H and O–H groups in total. The van der Waals surface area contributed by atoms with Crippen LogP contribution in [0.4, 0.5) is 0 Å². The number of hydrogen-bond donors (Lipinski definition) is 0. The van der Waals surface area contributed by atoms with Crippen molar-refractivity contribution in [2.24, 2.45) is 17.3 Å². The van der Waals surface area contributed by atoms with Crippen molar-refractivity contribution in [1.82, 2.24) is 0 Å². The fourth-order valence-corrected chi connectivity index (χ4v) is 2.31. The van der Waals surface area contributed by atoms with Crippen molar-refractivity contribution < 1.29 is 4.79 Å². The molecular formula is C10H18O. The zero-order valence-electron chi connectivity index (χ0n) is 7.76. The third kappa shape index (κ3) is 1.63. The first-order chi connectivity index (χ1) is 5.08. The number of rotatable bonds is 1. The van der Waals surface area contributed by atoms with Crippen LogP contribution in [0.1, 0.15) is 40.0 Å². The van der Waals surface area contributed by atoms with Crippen molar-refractivity contribution in [3.05, 3.63) is 0 Å². The molecule has 1 fully saturated rings. The Bertz CT molecular complexity index is 149. The first-order valence-electron chi connectivity index (χ1n) is 4.53. The van der Waals surface area contributed by atoms with Crippen molar-refractivity contribution in [2.75, 3.05) is 0 Å². The maximum Gasteiger partial charge on any atom is 0.123 e. The molecule has 1 aliphatic carbocycles. The van der Waals surface area contributed by atoms with E-state index in [4.69, 9.17) is 0 Å². The molecule has 0 heterocycles. The molecule has 1 nitrogen and oxygen atoms in total. The molecule has 0 aromatic heterocycles. The SMILES string of the molecule is C[C@@H]1CCCC(C)(C)[C@@H]1C=O. The molecule has 11 heavy (non-hydrogen) atoms. The third-order valence-electron chi connectivity index (χ3n) is 3.14. The van der Waals surface area contributed by atoms with Crippen LogP contribution in [0.5, 0.6) is 0 Å². The molecule has 1 aliphatic rings. The molecule has 0 bridgehead atoms. The van der Waals surface area contributed by atoms with Gasteiger partial charge in [-0.3, -0.25) is 0 Å². The van der Waals surface area contributed by atoms with Gasteiger partial charge in [0.2, 0.25) is 0 Å². The highest BCUT2D eigenvalue weighted by molar-refractivity contribution is 5.55. The summed E-state index contributed by atoms with van der Waals surface area (Å²) >= 11 is 0. The lowest BCUT2D eigenvalue weighted by atomic mass is 9.65. The van der Waals surface area contributed by atoms with Crippen molar-refractivity contribution in [2.45, 2.75) is 40.0 Å². The highest BCUT2D eigenvalue weighted by Crippen LogP contribution is 2.42. The maximum atomic E-state index is 10.8. The van der Waals surface area contributed by atoms with Crippen LogP contribution in [-0.2, 0) is 4.79 Å². The second-order valence-electron chi connectivity index (χ2n) is 4.52. The number of carbonyl (C=O) groups excluding carboxylic acids is 1. The van der Waals surface area contributed by atoms with Crippen LogP contribution in [-0.4, -0.2) is 6.29 Å². The summed E-state index contributed by atoms with van der Waals surface area (Å²) in [5.74, 6) is 0.882. The third-order valence-corrected chi connectivity index (χ3v) is 3.14. The van der Waals surface area contributed by atoms with Gasteiger partial charge in [0.25, 0.3) is 0 Å². The second-order valence-corrected chi connectivity index (χ2v) is 4.52. The summed E-state index contributed by atoms with van der Waals surface area (Å²) in [5, 5.41) is 0. The van der Waals surface area contributed by atoms with Gasteiger partial charge in [0.15, 0.2) is 0 Å². The van der Waals surface area contributed by atoms with Crippen LogP contribution in [0.15, 0.2) is 0 Å². The van der Waals surface area contributed by atoms with Gasteiger partial charge in [0, 0.05) is 5.92 Å². The number of carbonyl (C=O) groups is 1. The van der Waals surface area contributed by atoms with Crippen LogP contribution >= 0.6 is 0 Å². The molecule has 2 atom stereocenters. The summed E-state index contributed by atoms with van der Waals surface area (Å²) in [6.45, 7) is 6.61. The van der Waals surface area contributed by atoms with Gasteiger partial charge in [-0.05, 0) is 24.2 Å². The highest BCUT2D eigenvalue weighted by atomic mass is 16.1. The van der Waals surface area contributed by atoms with Gasteiger partial charge in [-0.25, -0.2) is 0 Å². The predicted octanol–water partition coefficient (Wildman–Crippen LogP) is 2.65. The van der Waals surface area contributed by atoms with E-state index < -0.39 is 0 Å². The Balaban J connectivity index is 2.72. The Hall–Kier alpha value is -0.330. The first-order valence-corrected chi connectivity index (χ1v) is 4.53. The molecule has 0 saturated heterocycles. The van der Waals surface area contributed by atoms with Gasteiger partial charge in [0.05, 0.1) is 0 Å². The molecule has 0 amide bonds. The van der Waals surface area contributed by atoms with Crippen molar-refractivity contribution in [3.8, 4) is 0 Å². The minimum Gasteiger partial charge on any atom is -0.303 e. The Morgan fingerprint density at radius 2 is 2.09 bits per heavy atom. The van der Waals surface area contributed by atoms with Crippen LogP contribution in [0.3, 0.4) is 0 Å². The summed E-state index contributed by atoms with van der Waals surface area (Å²) in [4.78, 5) is 10.8. The van der Waals surface area contributed by atoms with E-state index in [9.17, 15) is 4.79 Å².